The van der Waals surface area contributed by atoms with Crippen molar-refractivity contribution in [2.24, 2.45) is 5.92 Å². The summed E-state index contributed by atoms with van der Waals surface area (Å²) in [6, 6.07) is 4.30. The third kappa shape index (κ3) is 9.19. The first-order chi connectivity index (χ1) is 13.2. The standard InChI is InChI=1S/C19H31NO2.C2H2O4/c1-15-5-7-20(8-6-15)9-10-21-11-12-22-19-14-16(2)13-17(3)18(19)4;3-1(4)2(5)6/h13-15H,5-12H2,1-4H3;(H,3,4)(H,5,6). The Morgan fingerprint density at radius 3 is 2.21 bits per heavy atom. The lowest BCUT2D eigenvalue weighted by atomic mass is 9.99. The minimum atomic E-state index is -1.82. The van der Waals surface area contributed by atoms with Gasteiger partial charge in [0.25, 0.3) is 0 Å². The molecule has 2 N–H and O–H groups in total. The molecule has 28 heavy (non-hydrogen) atoms. The summed E-state index contributed by atoms with van der Waals surface area (Å²) in [6.07, 6.45) is 2.66. The number of carboxylic acids is 2. The molecule has 0 aromatic heterocycles. The Morgan fingerprint density at radius 1 is 1.04 bits per heavy atom. The van der Waals surface area contributed by atoms with Crippen molar-refractivity contribution in [2.75, 3.05) is 39.5 Å². The summed E-state index contributed by atoms with van der Waals surface area (Å²) in [7, 11) is 0. The van der Waals surface area contributed by atoms with Gasteiger partial charge in [-0.2, -0.15) is 0 Å². The average molecular weight is 395 g/mol. The van der Waals surface area contributed by atoms with Crippen molar-refractivity contribution in [1.82, 2.24) is 4.90 Å². The van der Waals surface area contributed by atoms with Crippen molar-refractivity contribution in [1.29, 1.82) is 0 Å². The van der Waals surface area contributed by atoms with Gasteiger partial charge in [0.05, 0.1) is 13.2 Å². The summed E-state index contributed by atoms with van der Waals surface area (Å²) >= 11 is 0. The van der Waals surface area contributed by atoms with Gasteiger partial charge in [0.2, 0.25) is 0 Å². The summed E-state index contributed by atoms with van der Waals surface area (Å²) < 4.78 is 11.6. The Balaban J connectivity index is 0.000000568. The van der Waals surface area contributed by atoms with Gasteiger partial charge < -0.3 is 24.6 Å². The molecular weight excluding hydrogens is 362 g/mol. The number of benzene rings is 1. The van der Waals surface area contributed by atoms with Crippen LogP contribution in [0, 0.1) is 26.7 Å². The first-order valence-electron chi connectivity index (χ1n) is 9.67. The van der Waals surface area contributed by atoms with E-state index in [2.05, 4.69) is 44.7 Å². The van der Waals surface area contributed by atoms with E-state index in [9.17, 15) is 0 Å². The fraction of sp³-hybridized carbons (Fsp3) is 0.619. The molecule has 1 heterocycles. The second-order valence-electron chi connectivity index (χ2n) is 7.30. The molecule has 0 aliphatic carbocycles. The Kier molecular flexibility index (Phi) is 10.6. The SMILES string of the molecule is Cc1cc(C)c(C)c(OCCOCCN2CCC(C)CC2)c1.O=C(O)C(=O)O. The molecule has 0 atom stereocenters. The topological polar surface area (TPSA) is 96.3 Å². The van der Waals surface area contributed by atoms with Gasteiger partial charge >= 0.3 is 11.9 Å². The number of nitrogens with zero attached hydrogens (tertiary/aromatic N) is 1. The lowest BCUT2D eigenvalue weighted by molar-refractivity contribution is -0.159. The molecule has 0 radical (unpaired) electrons. The highest BCUT2D eigenvalue weighted by atomic mass is 16.5. The van der Waals surface area contributed by atoms with Crippen molar-refractivity contribution < 1.29 is 29.3 Å². The van der Waals surface area contributed by atoms with Gasteiger partial charge in [0, 0.05) is 6.54 Å². The largest absolute Gasteiger partial charge is 0.491 e. The molecule has 1 fully saturated rings. The number of rotatable bonds is 7. The predicted molar refractivity (Wildman–Crippen MR) is 107 cm³/mol. The van der Waals surface area contributed by atoms with Crippen LogP contribution < -0.4 is 4.74 Å². The lowest BCUT2D eigenvalue weighted by Gasteiger charge is -2.29. The molecule has 0 saturated carbocycles. The molecule has 7 nitrogen and oxygen atoms in total. The van der Waals surface area contributed by atoms with Gasteiger partial charge in [0.15, 0.2) is 0 Å². The van der Waals surface area contributed by atoms with Crippen LogP contribution in [0.5, 0.6) is 5.75 Å². The van der Waals surface area contributed by atoms with Crippen LogP contribution in [-0.4, -0.2) is 66.5 Å². The van der Waals surface area contributed by atoms with E-state index in [1.54, 1.807) is 0 Å². The third-order valence-corrected chi connectivity index (χ3v) is 4.86. The highest BCUT2D eigenvalue weighted by Gasteiger charge is 2.14. The first kappa shape index (κ1) is 23.9. The number of piperidine rings is 1. The molecule has 0 spiro atoms. The number of hydrogen-bond acceptors (Lipinski definition) is 5. The van der Waals surface area contributed by atoms with E-state index in [4.69, 9.17) is 29.3 Å². The maximum Gasteiger partial charge on any atom is 0.414 e. The quantitative estimate of drug-likeness (QED) is 0.541. The lowest BCUT2D eigenvalue weighted by Crippen LogP contribution is -2.35. The number of likely N-dealkylation sites (tertiary alicyclic amines) is 1. The average Bonchev–Trinajstić information content (AvgIpc) is 2.63. The van der Waals surface area contributed by atoms with E-state index in [-0.39, 0.29) is 0 Å². The Bertz CT molecular complexity index is 626. The van der Waals surface area contributed by atoms with Crippen LogP contribution in [0.2, 0.25) is 0 Å². The molecule has 1 aromatic carbocycles. The van der Waals surface area contributed by atoms with Crippen LogP contribution in [0.1, 0.15) is 36.5 Å². The first-order valence-corrected chi connectivity index (χ1v) is 9.67. The van der Waals surface area contributed by atoms with E-state index >= 15 is 0 Å². The minimum absolute atomic E-state index is 0.626. The van der Waals surface area contributed by atoms with Crippen LogP contribution in [-0.2, 0) is 14.3 Å². The Labute approximate surface area is 167 Å². The summed E-state index contributed by atoms with van der Waals surface area (Å²) in [6.45, 7) is 14.3. The molecule has 0 unspecified atom stereocenters. The predicted octanol–water partition coefficient (Wildman–Crippen LogP) is 2.89. The zero-order valence-electron chi connectivity index (χ0n) is 17.4. The fourth-order valence-electron chi connectivity index (χ4n) is 2.94. The van der Waals surface area contributed by atoms with Crippen LogP contribution in [0.3, 0.4) is 0 Å². The van der Waals surface area contributed by atoms with E-state index in [0.717, 1.165) is 24.8 Å². The van der Waals surface area contributed by atoms with Crippen LogP contribution in [0.15, 0.2) is 12.1 Å². The molecule has 1 aliphatic rings. The molecule has 1 aromatic rings. The van der Waals surface area contributed by atoms with Gasteiger partial charge in [-0.05, 0) is 75.4 Å². The summed E-state index contributed by atoms with van der Waals surface area (Å²) in [5.41, 5.74) is 3.77. The maximum absolute atomic E-state index is 9.10. The molecular formula is C21H33NO6. The van der Waals surface area contributed by atoms with Crippen LogP contribution >= 0.6 is 0 Å². The number of ether oxygens (including phenoxy) is 2. The Morgan fingerprint density at radius 2 is 1.64 bits per heavy atom. The zero-order chi connectivity index (χ0) is 21.1. The minimum Gasteiger partial charge on any atom is -0.491 e. The highest BCUT2D eigenvalue weighted by molar-refractivity contribution is 6.27. The highest BCUT2D eigenvalue weighted by Crippen LogP contribution is 2.23. The van der Waals surface area contributed by atoms with Crippen LogP contribution in [0.4, 0.5) is 0 Å². The van der Waals surface area contributed by atoms with Crippen molar-refractivity contribution in [3.63, 3.8) is 0 Å². The normalized spacial score (nSPS) is 14.9. The third-order valence-electron chi connectivity index (χ3n) is 4.86. The molecule has 2 rings (SSSR count). The van der Waals surface area contributed by atoms with Gasteiger partial charge in [-0.25, -0.2) is 9.59 Å². The van der Waals surface area contributed by atoms with Gasteiger partial charge in [-0.3, -0.25) is 0 Å². The van der Waals surface area contributed by atoms with Crippen molar-refractivity contribution >= 4 is 11.9 Å². The molecule has 1 aliphatic heterocycles. The fourth-order valence-corrected chi connectivity index (χ4v) is 2.94. The Hall–Kier alpha value is -2.12. The second-order valence-corrected chi connectivity index (χ2v) is 7.30. The number of carboxylic acid groups (broad SMARTS) is 2. The number of hydrogen-bond donors (Lipinski definition) is 2. The van der Waals surface area contributed by atoms with Crippen LogP contribution in [0.25, 0.3) is 0 Å². The molecule has 7 heteroatoms. The molecule has 0 amide bonds. The number of aryl methyl sites for hydroxylation is 2. The summed E-state index contributed by atoms with van der Waals surface area (Å²) in [5.74, 6) is -1.76. The van der Waals surface area contributed by atoms with E-state index in [0.29, 0.717) is 13.2 Å². The van der Waals surface area contributed by atoms with Crippen molar-refractivity contribution in [3.05, 3.63) is 28.8 Å². The summed E-state index contributed by atoms with van der Waals surface area (Å²) in [5, 5.41) is 14.8. The molecule has 1 saturated heterocycles. The van der Waals surface area contributed by atoms with Crippen molar-refractivity contribution in [2.45, 2.75) is 40.5 Å². The number of aliphatic carboxylic acids is 2. The number of carbonyl (C=O) groups is 2. The zero-order valence-corrected chi connectivity index (χ0v) is 17.4. The maximum atomic E-state index is 9.10. The molecule has 0 bridgehead atoms. The van der Waals surface area contributed by atoms with Crippen molar-refractivity contribution in [3.8, 4) is 5.75 Å². The van der Waals surface area contributed by atoms with E-state index < -0.39 is 11.9 Å². The monoisotopic (exact) mass is 395 g/mol. The second kappa shape index (κ2) is 12.4. The van der Waals surface area contributed by atoms with Gasteiger partial charge in [0.1, 0.15) is 12.4 Å². The molecule has 158 valence electrons. The van der Waals surface area contributed by atoms with Gasteiger partial charge in [-0.15, -0.1) is 0 Å². The van der Waals surface area contributed by atoms with E-state index in [1.807, 2.05) is 0 Å². The van der Waals surface area contributed by atoms with Gasteiger partial charge in [-0.1, -0.05) is 13.0 Å². The van der Waals surface area contributed by atoms with E-state index in [1.165, 1.54) is 42.6 Å². The smallest absolute Gasteiger partial charge is 0.414 e. The summed E-state index contributed by atoms with van der Waals surface area (Å²) in [4.78, 5) is 20.7.